The number of rotatable bonds is 5. The quantitative estimate of drug-likeness (QED) is 0.256. The van der Waals surface area contributed by atoms with Gasteiger partial charge in [0.2, 0.25) is 6.20 Å². The topological polar surface area (TPSA) is 8.81 Å². The van der Waals surface area contributed by atoms with Crippen molar-refractivity contribution in [3.05, 3.63) is 95.3 Å². The molecule has 0 aliphatic heterocycles. The van der Waals surface area contributed by atoms with Gasteiger partial charge in [-0.3, -0.25) is 0 Å². The molecule has 0 N–H and O–H groups in total. The zero-order chi connectivity index (χ0) is 25.5. The van der Waals surface area contributed by atoms with Crippen molar-refractivity contribution in [3.63, 3.8) is 0 Å². The molecule has 0 fully saturated rings. The van der Waals surface area contributed by atoms with E-state index in [1.807, 2.05) is 30.6 Å². The molecule has 0 aliphatic carbocycles. The van der Waals surface area contributed by atoms with Crippen LogP contribution in [-0.4, -0.2) is 4.68 Å². The van der Waals surface area contributed by atoms with Crippen LogP contribution in [0.1, 0.15) is 61.8 Å². The normalized spacial score (nSPS) is 12.1. The van der Waals surface area contributed by atoms with Gasteiger partial charge >= 0.3 is 6.18 Å². The van der Waals surface area contributed by atoms with Crippen LogP contribution in [0.3, 0.4) is 0 Å². The Balaban J connectivity index is 1.97. The maximum absolute atomic E-state index is 13.9. The third-order valence-electron chi connectivity index (χ3n) is 6.54. The molecule has 35 heavy (non-hydrogen) atoms. The molecule has 4 aromatic rings. The molecule has 2 nitrogen and oxygen atoms in total. The third kappa shape index (κ3) is 4.77. The lowest BCUT2D eigenvalue weighted by Crippen LogP contribution is -2.38. The third-order valence-corrected chi connectivity index (χ3v) is 6.54. The molecular formula is C30H32F3N2+. The highest BCUT2D eigenvalue weighted by atomic mass is 19.4. The number of aryl methyl sites for hydroxylation is 2. The summed E-state index contributed by atoms with van der Waals surface area (Å²) < 4.78 is 45.1. The van der Waals surface area contributed by atoms with Crippen LogP contribution < -0.4 is 4.68 Å². The minimum absolute atomic E-state index is 0.159. The molecule has 0 amide bonds. The Kier molecular flexibility index (Phi) is 6.63. The van der Waals surface area contributed by atoms with Gasteiger partial charge in [-0.1, -0.05) is 82.3 Å². The molecule has 0 aliphatic rings. The zero-order valence-corrected chi connectivity index (χ0v) is 21.1. The van der Waals surface area contributed by atoms with Crippen molar-refractivity contribution < 1.29 is 17.9 Å². The van der Waals surface area contributed by atoms with Crippen molar-refractivity contribution in [2.75, 3.05) is 0 Å². The largest absolute Gasteiger partial charge is 0.418 e. The number of nitrogens with zero attached hydrogens (tertiary/aromatic N) is 2. The minimum atomic E-state index is -4.44. The van der Waals surface area contributed by atoms with E-state index in [0.29, 0.717) is 5.56 Å². The minimum Gasteiger partial charge on any atom is -0.166 e. The summed E-state index contributed by atoms with van der Waals surface area (Å²) in [4.78, 5) is 0. The summed E-state index contributed by atoms with van der Waals surface area (Å²) in [5, 5.41) is 0. The molecule has 0 spiro atoms. The highest BCUT2D eigenvalue weighted by Gasteiger charge is 2.36. The molecule has 182 valence electrons. The lowest BCUT2D eigenvalue weighted by Gasteiger charge is -2.21. The molecule has 1 aromatic heterocycles. The van der Waals surface area contributed by atoms with Gasteiger partial charge in [-0.2, -0.15) is 13.2 Å². The van der Waals surface area contributed by atoms with Gasteiger partial charge in [0.15, 0.2) is 7.05 Å². The summed E-state index contributed by atoms with van der Waals surface area (Å²) in [6.07, 6.45) is -0.670. The Bertz CT molecular complexity index is 1320. The van der Waals surface area contributed by atoms with E-state index < -0.39 is 11.7 Å². The maximum atomic E-state index is 13.9. The number of para-hydroxylation sites is 1. The highest BCUT2D eigenvalue weighted by molar-refractivity contribution is 5.77. The summed E-state index contributed by atoms with van der Waals surface area (Å²) in [6, 6.07) is 19.1. The van der Waals surface area contributed by atoms with Gasteiger partial charge in [-0.15, -0.1) is 9.36 Å². The number of aromatic nitrogens is 2. The van der Waals surface area contributed by atoms with Crippen molar-refractivity contribution in [2.24, 2.45) is 7.05 Å². The van der Waals surface area contributed by atoms with Crippen molar-refractivity contribution in [3.8, 4) is 27.9 Å². The summed E-state index contributed by atoms with van der Waals surface area (Å²) in [7, 11) is 1.79. The average molecular weight is 478 g/mol. The van der Waals surface area contributed by atoms with Gasteiger partial charge in [0.25, 0.3) is 0 Å². The molecule has 4 rings (SSSR count). The van der Waals surface area contributed by atoms with E-state index in [0.717, 1.165) is 28.3 Å². The number of hydrogen-bond donors (Lipinski definition) is 0. The summed E-state index contributed by atoms with van der Waals surface area (Å²) in [6.45, 7) is 10.4. The second-order valence-corrected chi connectivity index (χ2v) is 9.81. The Hall–Kier alpha value is -3.34. The van der Waals surface area contributed by atoms with E-state index in [4.69, 9.17) is 0 Å². The van der Waals surface area contributed by atoms with Gasteiger partial charge in [-0.05, 0) is 58.2 Å². The number of benzene rings is 3. The van der Waals surface area contributed by atoms with E-state index >= 15 is 0 Å². The lowest BCUT2D eigenvalue weighted by molar-refractivity contribution is -0.744. The van der Waals surface area contributed by atoms with E-state index in [1.165, 1.54) is 17.2 Å². The van der Waals surface area contributed by atoms with Crippen molar-refractivity contribution in [2.45, 2.75) is 52.6 Å². The van der Waals surface area contributed by atoms with Gasteiger partial charge in [0.05, 0.1) is 17.3 Å². The SMILES string of the molecule is Cc1cccc(C(F)(F)F)c1-n1cc(-c2c(C(C)C)cc(-c3ccccc3)cc2C(C)C)c[n+]1C. The Morgan fingerprint density at radius 1 is 0.771 bits per heavy atom. The second kappa shape index (κ2) is 9.37. The Morgan fingerprint density at radius 2 is 1.37 bits per heavy atom. The number of halogens is 3. The number of hydrogen-bond acceptors (Lipinski definition) is 0. The van der Waals surface area contributed by atoms with E-state index in [1.54, 1.807) is 29.4 Å². The molecule has 5 heteroatoms. The first-order valence-corrected chi connectivity index (χ1v) is 12.0. The Labute approximate surface area is 205 Å². The molecule has 1 heterocycles. The van der Waals surface area contributed by atoms with Crippen LogP contribution in [0.15, 0.2) is 73.1 Å². The molecule has 0 radical (unpaired) electrons. The molecule has 3 aromatic carbocycles. The monoisotopic (exact) mass is 477 g/mol. The van der Waals surface area contributed by atoms with Crippen LogP contribution in [0.25, 0.3) is 27.9 Å². The van der Waals surface area contributed by atoms with Crippen LogP contribution in [-0.2, 0) is 13.2 Å². The molecule has 0 bridgehead atoms. The average Bonchev–Trinajstić information content (AvgIpc) is 3.18. The van der Waals surface area contributed by atoms with E-state index in [9.17, 15) is 13.2 Å². The zero-order valence-electron chi connectivity index (χ0n) is 21.1. The van der Waals surface area contributed by atoms with Crippen LogP contribution in [0.4, 0.5) is 13.2 Å². The van der Waals surface area contributed by atoms with Crippen LogP contribution in [0.2, 0.25) is 0 Å². The predicted molar refractivity (Wildman–Crippen MR) is 136 cm³/mol. The van der Waals surface area contributed by atoms with Gasteiger partial charge < -0.3 is 0 Å². The molecule has 0 atom stereocenters. The van der Waals surface area contributed by atoms with E-state index in [-0.39, 0.29) is 17.5 Å². The summed E-state index contributed by atoms with van der Waals surface area (Å²) in [5.74, 6) is 0.480. The van der Waals surface area contributed by atoms with Crippen LogP contribution in [0.5, 0.6) is 0 Å². The smallest absolute Gasteiger partial charge is 0.166 e. The Morgan fingerprint density at radius 3 is 1.91 bits per heavy atom. The fourth-order valence-corrected chi connectivity index (χ4v) is 4.79. The molecule has 0 saturated carbocycles. The lowest BCUT2D eigenvalue weighted by atomic mass is 9.83. The molecule has 0 unspecified atom stereocenters. The van der Waals surface area contributed by atoms with Gasteiger partial charge in [0, 0.05) is 0 Å². The van der Waals surface area contributed by atoms with Crippen LogP contribution in [0, 0.1) is 6.92 Å². The van der Waals surface area contributed by atoms with Crippen molar-refractivity contribution in [1.82, 2.24) is 4.68 Å². The van der Waals surface area contributed by atoms with Gasteiger partial charge in [0.1, 0.15) is 5.69 Å². The molecule has 0 saturated heterocycles. The fraction of sp³-hybridized carbons (Fsp3) is 0.300. The van der Waals surface area contributed by atoms with Gasteiger partial charge in [-0.25, -0.2) is 0 Å². The fourth-order valence-electron chi connectivity index (χ4n) is 4.79. The second-order valence-electron chi connectivity index (χ2n) is 9.81. The number of alkyl halides is 3. The van der Waals surface area contributed by atoms with Crippen LogP contribution >= 0.6 is 0 Å². The molecular weight excluding hydrogens is 445 g/mol. The van der Waals surface area contributed by atoms with Crippen molar-refractivity contribution in [1.29, 1.82) is 0 Å². The predicted octanol–water partition coefficient (Wildman–Crippen LogP) is 8.21. The maximum Gasteiger partial charge on any atom is 0.418 e. The van der Waals surface area contributed by atoms with Crippen molar-refractivity contribution >= 4 is 0 Å². The first-order valence-electron chi connectivity index (χ1n) is 12.0. The first-order chi connectivity index (χ1) is 16.5. The summed E-state index contributed by atoms with van der Waals surface area (Å²) >= 11 is 0. The van der Waals surface area contributed by atoms with E-state index in [2.05, 4.69) is 52.0 Å². The first kappa shape index (κ1) is 24.8. The highest BCUT2D eigenvalue weighted by Crippen LogP contribution is 2.40. The standard InChI is InChI=1S/C30H32F3N2/c1-19(2)25-15-23(22-12-8-7-9-13-22)16-26(20(3)4)28(25)24-17-34(6)35(18-24)29-21(5)11-10-14-27(29)30(31,32)33/h7-20H,1-6H3/q+1. The summed E-state index contributed by atoms with van der Waals surface area (Å²) in [5.41, 5.74) is 6.80.